The lowest BCUT2D eigenvalue weighted by atomic mass is 10.0. The number of benzene rings is 1. The van der Waals surface area contributed by atoms with Crippen LogP contribution < -0.4 is 0 Å². The molecule has 0 aliphatic carbocycles. The maximum Gasteiger partial charge on any atom is -0.0149 e. The minimum Gasteiger partial charge on any atom is -0.0905 e. The molecule has 0 amide bonds. The minimum atomic E-state index is 1.05. The SMILES string of the molecule is C=[C]c1cc(C)ccc1CC. The Bertz CT molecular complexity index is 259. The van der Waals surface area contributed by atoms with Crippen LogP contribution in [0.15, 0.2) is 24.8 Å². The number of hydrogen-bond acceptors (Lipinski definition) is 0. The van der Waals surface area contributed by atoms with Crippen molar-refractivity contribution in [2.24, 2.45) is 0 Å². The largest absolute Gasteiger partial charge is 0.0905 e. The molecule has 57 valence electrons. The number of hydrogen-bond donors (Lipinski definition) is 0. The molecule has 0 saturated heterocycles. The summed E-state index contributed by atoms with van der Waals surface area (Å²) < 4.78 is 0. The number of aryl methyl sites for hydroxylation is 2. The molecule has 0 spiro atoms. The Morgan fingerprint density at radius 1 is 1.45 bits per heavy atom. The molecule has 0 fully saturated rings. The lowest BCUT2D eigenvalue weighted by Gasteiger charge is -2.02. The third-order valence-electron chi connectivity index (χ3n) is 1.84. The average molecular weight is 145 g/mol. The standard InChI is InChI=1S/C11H13/c1-4-10-7-6-9(3)8-11(10)5-2/h6-8H,2,4H2,1,3H3. The van der Waals surface area contributed by atoms with Gasteiger partial charge in [0, 0.05) is 0 Å². The predicted octanol–water partition coefficient (Wildman–Crippen LogP) is 2.89. The Morgan fingerprint density at radius 3 is 2.73 bits per heavy atom. The molecular weight excluding hydrogens is 132 g/mol. The van der Waals surface area contributed by atoms with Crippen LogP contribution in [-0.2, 0) is 6.42 Å². The van der Waals surface area contributed by atoms with E-state index in [9.17, 15) is 0 Å². The van der Waals surface area contributed by atoms with Crippen LogP contribution in [0.4, 0.5) is 0 Å². The molecule has 0 aliphatic rings. The highest BCUT2D eigenvalue weighted by molar-refractivity contribution is 5.35. The molecule has 0 heterocycles. The minimum absolute atomic E-state index is 1.05. The second-order valence-electron chi connectivity index (χ2n) is 2.69. The zero-order valence-corrected chi connectivity index (χ0v) is 7.15. The van der Waals surface area contributed by atoms with E-state index < -0.39 is 0 Å². The van der Waals surface area contributed by atoms with E-state index in [0.717, 1.165) is 12.0 Å². The maximum absolute atomic E-state index is 3.66. The van der Waals surface area contributed by atoms with Gasteiger partial charge in [-0.15, -0.1) is 0 Å². The highest BCUT2D eigenvalue weighted by Gasteiger charge is 1.95. The van der Waals surface area contributed by atoms with E-state index in [1.54, 1.807) is 0 Å². The molecule has 0 unspecified atom stereocenters. The van der Waals surface area contributed by atoms with Crippen LogP contribution >= 0.6 is 0 Å². The van der Waals surface area contributed by atoms with Crippen LogP contribution in [0.3, 0.4) is 0 Å². The van der Waals surface area contributed by atoms with E-state index in [2.05, 4.69) is 44.7 Å². The smallest absolute Gasteiger partial charge is 0.0149 e. The van der Waals surface area contributed by atoms with E-state index >= 15 is 0 Å². The van der Waals surface area contributed by atoms with Crippen LogP contribution in [0.1, 0.15) is 23.6 Å². The van der Waals surface area contributed by atoms with Gasteiger partial charge in [0.2, 0.25) is 0 Å². The summed E-state index contributed by atoms with van der Waals surface area (Å²) in [6, 6.07) is 6.38. The molecule has 0 heteroatoms. The molecule has 0 N–H and O–H groups in total. The van der Waals surface area contributed by atoms with Crippen LogP contribution in [0.2, 0.25) is 0 Å². The van der Waals surface area contributed by atoms with Crippen molar-refractivity contribution < 1.29 is 0 Å². The molecule has 0 saturated carbocycles. The van der Waals surface area contributed by atoms with Gasteiger partial charge in [-0.3, -0.25) is 0 Å². The van der Waals surface area contributed by atoms with Crippen molar-refractivity contribution in [3.05, 3.63) is 47.5 Å². The molecule has 11 heavy (non-hydrogen) atoms. The van der Waals surface area contributed by atoms with Crippen LogP contribution in [0.5, 0.6) is 0 Å². The second-order valence-corrected chi connectivity index (χ2v) is 2.69. The molecule has 0 bridgehead atoms. The fourth-order valence-corrected chi connectivity index (χ4v) is 1.16. The van der Waals surface area contributed by atoms with Gasteiger partial charge in [-0.05, 0) is 30.5 Å². The second kappa shape index (κ2) is 3.38. The Kier molecular flexibility index (Phi) is 2.48. The van der Waals surface area contributed by atoms with E-state index in [0.29, 0.717) is 0 Å². The Balaban J connectivity index is 3.16. The summed E-state index contributed by atoms with van der Waals surface area (Å²) >= 11 is 0. The van der Waals surface area contributed by atoms with Crippen molar-refractivity contribution in [3.63, 3.8) is 0 Å². The van der Waals surface area contributed by atoms with E-state index in [1.807, 2.05) is 0 Å². The van der Waals surface area contributed by atoms with Gasteiger partial charge in [-0.2, -0.15) is 0 Å². The maximum atomic E-state index is 3.66. The summed E-state index contributed by atoms with van der Waals surface area (Å²) in [7, 11) is 0. The summed E-state index contributed by atoms with van der Waals surface area (Å²) in [5.74, 6) is 0. The van der Waals surface area contributed by atoms with Crippen LogP contribution in [0.25, 0.3) is 0 Å². The first-order valence-electron chi connectivity index (χ1n) is 3.90. The Labute approximate surface area is 68.6 Å². The van der Waals surface area contributed by atoms with Crippen molar-refractivity contribution >= 4 is 0 Å². The summed E-state index contributed by atoms with van der Waals surface area (Å²) in [6.07, 6.45) is 3.99. The lowest BCUT2D eigenvalue weighted by molar-refractivity contribution is 1.12. The summed E-state index contributed by atoms with van der Waals surface area (Å²) in [5, 5.41) is 0. The molecule has 1 aromatic carbocycles. The first-order chi connectivity index (χ1) is 5.27. The molecular formula is C11H13. The van der Waals surface area contributed by atoms with E-state index in [1.165, 1.54) is 11.1 Å². The molecule has 0 nitrogen and oxygen atoms in total. The van der Waals surface area contributed by atoms with Crippen LogP contribution in [0, 0.1) is 13.0 Å². The van der Waals surface area contributed by atoms with Gasteiger partial charge >= 0.3 is 0 Å². The highest BCUT2D eigenvalue weighted by atomic mass is 14.0. The number of rotatable bonds is 2. The van der Waals surface area contributed by atoms with Gasteiger partial charge in [0.05, 0.1) is 0 Å². The zero-order chi connectivity index (χ0) is 8.27. The first-order valence-corrected chi connectivity index (χ1v) is 3.90. The van der Waals surface area contributed by atoms with Gasteiger partial charge in [0.15, 0.2) is 0 Å². The van der Waals surface area contributed by atoms with Crippen molar-refractivity contribution in [2.75, 3.05) is 0 Å². The average Bonchev–Trinajstić information content (AvgIpc) is 2.04. The molecule has 1 radical (unpaired) electrons. The van der Waals surface area contributed by atoms with E-state index in [4.69, 9.17) is 0 Å². The molecule has 1 aromatic rings. The first kappa shape index (κ1) is 8.06. The van der Waals surface area contributed by atoms with Gasteiger partial charge in [-0.1, -0.05) is 37.3 Å². The molecule has 0 atom stereocenters. The fourth-order valence-electron chi connectivity index (χ4n) is 1.16. The van der Waals surface area contributed by atoms with Gasteiger partial charge in [0.1, 0.15) is 0 Å². The molecule has 1 rings (SSSR count). The lowest BCUT2D eigenvalue weighted by Crippen LogP contribution is -1.87. The molecule has 0 aliphatic heterocycles. The third kappa shape index (κ3) is 1.70. The predicted molar refractivity (Wildman–Crippen MR) is 48.5 cm³/mol. The zero-order valence-electron chi connectivity index (χ0n) is 7.15. The Hall–Kier alpha value is -1.04. The molecule has 0 aromatic heterocycles. The fraction of sp³-hybridized carbons (Fsp3) is 0.273. The van der Waals surface area contributed by atoms with Crippen molar-refractivity contribution in [2.45, 2.75) is 20.3 Å². The third-order valence-corrected chi connectivity index (χ3v) is 1.84. The van der Waals surface area contributed by atoms with Gasteiger partial charge in [0.25, 0.3) is 0 Å². The summed E-state index contributed by atoms with van der Waals surface area (Å²) in [4.78, 5) is 0. The van der Waals surface area contributed by atoms with Gasteiger partial charge in [-0.25, -0.2) is 0 Å². The van der Waals surface area contributed by atoms with Crippen LogP contribution in [-0.4, -0.2) is 0 Å². The normalized spacial score (nSPS) is 9.64. The van der Waals surface area contributed by atoms with Crippen molar-refractivity contribution in [1.82, 2.24) is 0 Å². The monoisotopic (exact) mass is 145 g/mol. The summed E-state index contributed by atoms with van der Waals surface area (Å²) in [5.41, 5.74) is 3.74. The van der Waals surface area contributed by atoms with E-state index in [-0.39, 0.29) is 0 Å². The van der Waals surface area contributed by atoms with Gasteiger partial charge < -0.3 is 0 Å². The Morgan fingerprint density at radius 2 is 2.18 bits per heavy atom. The van der Waals surface area contributed by atoms with Crippen molar-refractivity contribution in [3.8, 4) is 0 Å². The summed E-state index contributed by atoms with van der Waals surface area (Å²) in [6.45, 7) is 7.88. The van der Waals surface area contributed by atoms with Crippen molar-refractivity contribution in [1.29, 1.82) is 0 Å². The highest BCUT2D eigenvalue weighted by Crippen LogP contribution is 2.11. The topological polar surface area (TPSA) is 0 Å². The quantitative estimate of drug-likeness (QED) is 0.600.